The minimum Gasteiger partial charge on any atom is -0.497 e. The Hall–Kier alpha value is -3.22. The summed E-state index contributed by atoms with van der Waals surface area (Å²) < 4.78 is 15.6. The molecule has 7 nitrogen and oxygen atoms in total. The van der Waals surface area contributed by atoms with Crippen molar-refractivity contribution in [1.82, 2.24) is 0 Å². The molecule has 0 radical (unpaired) electrons. The molecule has 0 unspecified atom stereocenters. The molecule has 0 atom stereocenters. The van der Waals surface area contributed by atoms with Crippen LogP contribution in [0.25, 0.3) is 0 Å². The van der Waals surface area contributed by atoms with E-state index in [1.54, 1.807) is 30.3 Å². The maximum atomic E-state index is 12.0. The zero-order valence-corrected chi connectivity index (χ0v) is 13.2. The topological polar surface area (TPSA) is 94.1 Å². The minimum absolute atomic E-state index is 0.0877. The maximum Gasteiger partial charge on any atom is 0.335 e. The molecule has 0 aliphatic carbocycles. The third kappa shape index (κ3) is 4.39. The average Bonchev–Trinajstić information content (AvgIpc) is 2.60. The van der Waals surface area contributed by atoms with E-state index in [1.165, 1.54) is 26.4 Å². The first-order chi connectivity index (χ1) is 11.5. The van der Waals surface area contributed by atoms with Crippen LogP contribution in [-0.4, -0.2) is 37.8 Å². The number of aromatic carboxylic acids is 1. The van der Waals surface area contributed by atoms with Crippen molar-refractivity contribution in [1.29, 1.82) is 0 Å². The van der Waals surface area contributed by atoms with Crippen LogP contribution in [0.15, 0.2) is 42.5 Å². The van der Waals surface area contributed by atoms with Gasteiger partial charge in [-0.3, -0.25) is 4.79 Å². The van der Waals surface area contributed by atoms with E-state index in [0.29, 0.717) is 22.9 Å². The quantitative estimate of drug-likeness (QED) is 0.809. The molecule has 2 aromatic rings. The van der Waals surface area contributed by atoms with Gasteiger partial charge in [0, 0.05) is 6.07 Å². The van der Waals surface area contributed by atoms with Gasteiger partial charge in [-0.1, -0.05) is 6.07 Å². The molecule has 7 heteroatoms. The fourth-order valence-corrected chi connectivity index (χ4v) is 1.96. The predicted molar refractivity (Wildman–Crippen MR) is 87.1 cm³/mol. The molecular weight excluding hydrogens is 314 g/mol. The first-order valence-electron chi connectivity index (χ1n) is 7.01. The Morgan fingerprint density at radius 2 is 1.83 bits per heavy atom. The Morgan fingerprint density at radius 3 is 2.50 bits per heavy atom. The monoisotopic (exact) mass is 331 g/mol. The summed E-state index contributed by atoms with van der Waals surface area (Å²) >= 11 is 0. The summed E-state index contributed by atoms with van der Waals surface area (Å²) in [5, 5.41) is 11.6. The predicted octanol–water partition coefficient (Wildman–Crippen LogP) is 2.42. The molecule has 0 aromatic heterocycles. The molecule has 0 heterocycles. The van der Waals surface area contributed by atoms with Gasteiger partial charge in [-0.25, -0.2) is 4.79 Å². The van der Waals surface area contributed by atoms with Gasteiger partial charge < -0.3 is 24.6 Å². The van der Waals surface area contributed by atoms with Gasteiger partial charge in [0.05, 0.1) is 25.5 Å². The zero-order valence-electron chi connectivity index (χ0n) is 13.2. The van der Waals surface area contributed by atoms with Crippen molar-refractivity contribution >= 4 is 17.6 Å². The summed E-state index contributed by atoms with van der Waals surface area (Å²) in [5.74, 6) is -0.110. The second-order valence-corrected chi connectivity index (χ2v) is 4.74. The van der Waals surface area contributed by atoms with Crippen LogP contribution >= 0.6 is 0 Å². The van der Waals surface area contributed by atoms with E-state index in [2.05, 4.69) is 5.32 Å². The van der Waals surface area contributed by atoms with Crippen LogP contribution < -0.4 is 19.5 Å². The lowest BCUT2D eigenvalue weighted by atomic mass is 10.2. The number of amides is 1. The third-order valence-corrected chi connectivity index (χ3v) is 3.13. The SMILES string of the molecule is COc1ccc(NC(=O)COc2cccc(C(=O)O)c2)c(OC)c1. The van der Waals surface area contributed by atoms with Crippen molar-refractivity contribution in [3.8, 4) is 17.2 Å². The minimum atomic E-state index is -1.06. The highest BCUT2D eigenvalue weighted by Gasteiger charge is 2.10. The molecule has 0 aliphatic rings. The average molecular weight is 331 g/mol. The van der Waals surface area contributed by atoms with Gasteiger partial charge in [-0.05, 0) is 30.3 Å². The van der Waals surface area contributed by atoms with Crippen LogP contribution in [0.5, 0.6) is 17.2 Å². The number of benzene rings is 2. The van der Waals surface area contributed by atoms with E-state index in [4.69, 9.17) is 19.3 Å². The molecule has 1 amide bonds. The Balaban J connectivity index is 1.99. The summed E-state index contributed by atoms with van der Waals surface area (Å²) in [5.41, 5.74) is 0.566. The normalized spacial score (nSPS) is 9.92. The van der Waals surface area contributed by atoms with E-state index in [0.717, 1.165) is 0 Å². The molecule has 2 rings (SSSR count). The number of rotatable bonds is 7. The molecule has 24 heavy (non-hydrogen) atoms. The number of anilines is 1. The van der Waals surface area contributed by atoms with E-state index < -0.39 is 11.9 Å². The molecular formula is C17H17NO6. The van der Waals surface area contributed by atoms with Crippen molar-refractivity contribution in [3.05, 3.63) is 48.0 Å². The third-order valence-electron chi connectivity index (χ3n) is 3.13. The highest BCUT2D eigenvalue weighted by atomic mass is 16.5. The Morgan fingerprint density at radius 1 is 1.04 bits per heavy atom. The summed E-state index contributed by atoms with van der Waals surface area (Å²) in [6, 6.07) is 10.9. The van der Waals surface area contributed by atoms with Crippen molar-refractivity contribution < 1.29 is 28.9 Å². The summed E-state index contributed by atoms with van der Waals surface area (Å²) in [6.07, 6.45) is 0. The molecule has 0 saturated heterocycles. The fourth-order valence-electron chi connectivity index (χ4n) is 1.96. The van der Waals surface area contributed by atoms with Crippen molar-refractivity contribution in [2.24, 2.45) is 0 Å². The number of carboxylic acids is 1. The second-order valence-electron chi connectivity index (χ2n) is 4.74. The number of hydrogen-bond donors (Lipinski definition) is 2. The number of carbonyl (C=O) groups excluding carboxylic acids is 1. The number of carboxylic acid groups (broad SMARTS) is 1. The van der Waals surface area contributed by atoms with Crippen LogP contribution in [0, 0.1) is 0 Å². The largest absolute Gasteiger partial charge is 0.497 e. The highest BCUT2D eigenvalue weighted by Crippen LogP contribution is 2.28. The molecule has 0 bridgehead atoms. The Kier molecular flexibility index (Phi) is 5.62. The summed E-state index contributed by atoms with van der Waals surface area (Å²) in [6.45, 7) is -0.266. The van der Waals surface area contributed by atoms with Crippen LogP contribution in [0.3, 0.4) is 0 Å². The van der Waals surface area contributed by atoms with Crippen molar-refractivity contribution in [2.75, 3.05) is 26.1 Å². The lowest BCUT2D eigenvalue weighted by Gasteiger charge is -2.12. The lowest BCUT2D eigenvalue weighted by molar-refractivity contribution is -0.118. The van der Waals surface area contributed by atoms with Gasteiger partial charge in [0.25, 0.3) is 5.91 Å². The molecule has 0 spiro atoms. The Labute approximate surface area is 138 Å². The summed E-state index contributed by atoms with van der Waals surface area (Å²) in [4.78, 5) is 22.9. The molecule has 2 aromatic carbocycles. The van der Waals surface area contributed by atoms with Crippen LogP contribution in [-0.2, 0) is 4.79 Å². The molecule has 0 fully saturated rings. The van der Waals surface area contributed by atoms with Crippen LogP contribution in [0.2, 0.25) is 0 Å². The molecule has 0 saturated carbocycles. The van der Waals surface area contributed by atoms with Crippen molar-refractivity contribution in [3.63, 3.8) is 0 Å². The smallest absolute Gasteiger partial charge is 0.335 e. The first kappa shape index (κ1) is 17.1. The maximum absolute atomic E-state index is 12.0. The second kappa shape index (κ2) is 7.87. The standard InChI is InChI=1S/C17H17NO6/c1-22-12-6-7-14(15(9-12)23-2)18-16(19)10-24-13-5-3-4-11(8-13)17(20)21/h3-9H,10H2,1-2H3,(H,18,19)(H,20,21). The van der Waals surface area contributed by atoms with Crippen LogP contribution in [0.4, 0.5) is 5.69 Å². The van der Waals surface area contributed by atoms with E-state index in [1.807, 2.05) is 0 Å². The summed E-state index contributed by atoms with van der Waals surface area (Å²) in [7, 11) is 3.02. The molecule has 126 valence electrons. The fraction of sp³-hybridized carbons (Fsp3) is 0.176. The van der Waals surface area contributed by atoms with E-state index in [9.17, 15) is 9.59 Å². The van der Waals surface area contributed by atoms with Crippen LogP contribution in [0.1, 0.15) is 10.4 Å². The lowest BCUT2D eigenvalue weighted by Crippen LogP contribution is -2.20. The highest BCUT2D eigenvalue weighted by molar-refractivity contribution is 5.93. The van der Waals surface area contributed by atoms with Gasteiger partial charge in [0.2, 0.25) is 0 Å². The van der Waals surface area contributed by atoms with Gasteiger partial charge in [0.1, 0.15) is 17.2 Å². The number of hydrogen-bond acceptors (Lipinski definition) is 5. The Bertz CT molecular complexity index is 744. The van der Waals surface area contributed by atoms with E-state index in [-0.39, 0.29) is 12.2 Å². The van der Waals surface area contributed by atoms with Gasteiger partial charge >= 0.3 is 5.97 Å². The number of ether oxygens (including phenoxy) is 3. The molecule has 0 aliphatic heterocycles. The first-order valence-corrected chi connectivity index (χ1v) is 7.01. The number of carbonyl (C=O) groups is 2. The van der Waals surface area contributed by atoms with Gasteiger partial charge in [-0.2, -0.15) is 0 Å². The van der Waals surface area contributed by atoms with E-state index >= 15 is 0 Å². The zero-order chi connectivity index (χ0) is 17.5. The van der Waals surface area contributed by atoms with Gasteiger partial charge in [-0.15, -0.1) is 0 Å². The van der Waals surface area contributed by atoms with Gasteiger partial charge in [0.15, 0.2) is 6.61 Å². The number of methoxy groups -OCH3 is 2. The number of nitrogens with one attached hydrogen (secondary N) is 1. The molecule has 2 N–H and O–H groups in total. The van der Waals surface area contributed by atoms with Crippen molar-refractivity contribution in [2.45, 2.75) is 0 Å².